The van der Waals surface area contributed by atoms with Gasteiger partial charge in [-0.25, -0.2) is 9.59 Å². The molecule has 0 aromatic heterocycles. The SMILES string of the molecule is C=C(C)C(=O)OCC1CSC(Cc2ccc(CC3SCC(COC(=O)C(=C)C)S3)cc2)S1. The van der Waals surface area contributed by atoms with E-state index in [1.165, 1.54) is 11.1 Å². The summed E-state index contributed by atoms with van der Waals surface area (Å²) in [5.74, 6) is 1.42. The lowest BCUT2D eigenvalue weighted by molar-refractivity contribution is -0.139. The standard InChI is InChI=1S/C24H30O4S4/c1-15(2)23(25)27-11-19-13-29-21(31-19)9-17-5-7-18(8-6-17)10-22-30-14-20(32-22)12-28-24(26)16(3)4/h5-8,19-22H,1,3,9-14H2,2,4H3. The molecule has 0 spiro atoms. The molecule has 4 atom stereocenters. The van der Waals surface area contributed by atoms with E-state index in [4.69, 9.17) is 9.47 Å². The molecule has 0 bridgehead atoms. The Morgan fingerprint density at radius 3 is 1.53 bits per heavy atom. The van der Waals surface area contributed by atoms with Crippen molar-refractivity contribution in [3.05, 3.63) is 59.7 Å². The summed E-state index contributed by atoms with van der Waals surface area (Å²) >= 11 is 7.70. The van der Waals surface area contributed by atoms with Gasteiger partial charge in [0.05, 0.1) is 9.16 Å². The van der Waals surface area contributed by atoms with Crippen molar-refractivity contribution in [1.82, 2.24) is 0 Å². The number of carbonyl (C=O) groups excluding carboxylic acids is 2. The average molecular weight is 511 g/mol. The molecule has 0 saturated carbocycles. The number of benzene rings is 1. The van der Waals surface area contributed by atoms with E-state index in [1.807, 2.05) is 47.0 Å². The van der Waals surface area contributed by atoms with E-state index in [1.54, 1.807) is 13.8 Å². The van der Waals surface area contributed by atoms with Gasteiger partial charge < -0.3 is 9.47 Å². The Morgan fingerprint density at radius 1 is 0.812 bits per heavy atom. The monoisotopic (exact) mass is 510 g/mol. The summed E-state index contributed by atoms with van der Waals surface area (Å²) < 4.78 is 11.6. The molecule has 174 valence electrons. The summed E-state index contributed by atoms with van der Waals surface area (Å²) in [4.78, 5) is 23.1. The number of ether oxygens (including phenoxy) is 2. The Balaban J connectivity index is 1.37. The minimum absolute atomic E-state index is 0.299. The molecule has 4 nitrogen and oxygen atoms in total. The lowest BCUT2D eigenvalue weighted by atomic mass is 10.1. The molecule has 2 heterocycles. The topological polar surface area (TPSA) is 52.6 Å². The zero-order chi connectivity index (χ0) is 23.1. The van der Waals surface area contributed by atoms with Gasteiger partial charge >= 0.3 is 11.9 Å². The molecule has 1 aromatic rings. The zero-order valence-corrected chi connectivity index (χ0v) is 21.8. The molecule has 2 aliphatic rings. The molecule has 4 unspecified atom stereocenters. The third kappa shape index (κ3) is 8.12. The van der Waals surface area contributed by atoms with E-state index in [2.05, 4.69) is 37.4 Å². The molecule has 1 aromatic carbocycles. The predicted molar refractivity (Wildman–Crippen MR) is 141 cm³/mol. The maximum atomic E-state index is 11.6. The van der Waals surface area contributed by atoms with Gasteiger partial charge in [-0.15, -0.1) is 47.0 Å². The van der Waals surface area contributed by atoms with Crippen LogP contribution in [0.5, 0.6) is 0 Å². The van der Waals surface area contributed by atoms with Crippen molar-refractivity contribution in [2.75, 3.05) is 24.7 Å². The molecular formula is C24H30O4S4. The number of hydrogen-bond donors (Lipinski definition) is 0. The first-order chi connectivity index (χ1) is 15.3. The summed E-state index contributed by atoms with van der Waals surface area (Å²) in [5.41, 5.74) is 3.59. The Labute approximate surface area is 208 Å². The number of carbonyl (C=O) groups is 2. The predicted octanol–water partition coefficient (Wildman–Crippen LogP) is 5.36. The van der Waals surface area contributed by atoms with Crippen molar-refractivity contribution >= 4 is 59.0 Å². The second-order valence-electron chi connectivity index (χ2n) is 8.02. The van der Waals surface area contributed by atoms with Gasteiger partial charge in [0.1, 0.15) is 13.2 Å². The van der Waals surface area contributed by atoms with Crippen LogP contribution in [0.15, 0.2) is 48.6 Å². The van der Waals surface area contributed by atoms with Gasteiger partial charge in [-0.3, -0.25) is 0 Å². The van der Waals surface area contributed by atoms with Gasteiger partial charge in [0, 0.05) is 33.2 Å². The second-order valence-corrected chi connectivity index (χ2v) is 14.1. The third-order valence-corrected chi connectivity index (χ3v) is 11.4. The lowest BCUT2D eigenvalue weighted by Crippen LogP contribution is -2.16. The summed E-state index contributed by atoms with van der Waals surface area (Å²) in [5, 5.41) is 0.707. The van der Waals surface area contributed by atoms with Crippen molar-refractivity contribution in [3.8, 4) is 0 Å². The maximum Gasteiger partial charge on any atom is 0.333 e. The minimum atomic E-state index is -0.299. The van der Waals surface area contributed by atoms with Crippen molar-refractivity contribution in [3.63, 3.8) is 0 Å². The average Bonchev–Trinajstić information content (AvgIpc) is 3.40. The van der Waals surface area contributed by atoms with Gasteiger partial charge in [-0.1, -0.05) is 37.4 Å². The highest BCUT2D eigenvalue weighted by atomic mass is 32.2. The number of thioether (sulfide) groups is 4. The summed E-state index contributed by atoms with van der Waals surface area (Å²) in [6.45, 7) is 11.5. The highest BCUT2D eigenvalue weighted by Crippen LogP contribution is 2.41. The van der Waals surface area contributed by atoms with E-state index in [0.29, 0.717) is 44.0 Å². The molecule has 2 fully saturated rings. The lowest BCUT2D eigenvalue weighted by Gasteiger charge is -2.13. The number of rotatable bonds is 10. The van der Waals surface area contributed by atoms with Crippen LogP contribution in [-0.2, 0) is 31.9 Å². The summed E-state index contributed by atoms with van der Waals surface area (Å²) in [6, 6.07) is 8.95. The fraction of sp³-hybridized carbons (Fsp3) is 0.500. The molecule has 0 aliphatic carbocycles. The van der Waals surface area contributed by atoms with E-state index in [9.17, 15) is 9.59 Å². The highest BCUT2D eigenvalue weighted by molar-refractivity contribution is 8.20. The third-order valence-electron chi connectivity index (χ3n) is 4.95. The molecule has 8 heteroatoms. The highest BCUT2D eigenvalue weighted by Gasteiger charge is 2.28. The molecule has 2 saturated heterocycles. The van der Waals surface area contributed by atoms with Gasteiger partial charge in [-0.2, -0.15) is 0 Å². The largest absolute Gasteiger partial charge is 0.461 e. The van der Waals surface area contributed by atoms with Crippen LogP contribution in [0, 0.1) is 0 Å². The van der Waals surface area contributed by atoms with Gasteiger partial charge in [-0.05, 0) is 37.8 Å². The van der Waals surface area contributed by atoms with E-state index in [-0.39, 0.29) is 11.9 Å². The number of esters is 2. The van der Waals surface area contributed by atoms with Gasteiger partial charge in [0.25, 0.3) is 0 Å². The Kier molecular flexibility index (Phi) is 10.0. The van der Waals surface area contributed by atoms with Crippen LogP contribution in [0.4, 0.5) is 0 Å². The molecule has 32 heavy (non-hydrogen) atoms. The van der Waals surface area contributed by atoms with Crippen LogP contribution >= 0.6 is 47.0 Å². The first kappa shape index (κ1) is 25.7. The van der Waals surface area contributed by atoms with E-state index >= 15 is 0 Å². The zero-order valence-electron chi connectivity index (χ0n) is 18.5. The van der Waals surface area contributed by atoms with Crippen molar-refractivity contribution in [2.24, 2.45) is 0 Å². The maximum absolute atomic E-state index is 11.6. The molecular weight excluding hydrogens is 481 g/mol. The summed E-state index contributed by atoms with van der Waals surface area (Å²) in [6.07, 6.45) is 2.03. The fourth-order valence-corrected chi connectivity index (χ4v) is 9.73. The van der Waals surface area contributed by atoms with Crippen molar-refractivity contribution in [1.29, 1.82) is 0 Å². The first-order valence-corrected chi connectivity index (χ1v) is 14.6. The van der Waals surface area contributed by atoms with Crippen LogP contribution in [0.2, 0.25) is 0 Å². The molecule has 0 radical (unpaired) electrons. The first-order valence-electron chi connectivity index (χ1n) is 10.6. The van der Waals surface area contributed by atoms with Crippen LogP contribution < -0.4 is 0 Å². The van der Waals surface area contributed by atoms with Crippen LogP contribution in [0.25, 0.3) is 0 Å². The van der Waals surface area contributed by atoms with Crippen LogP contribution in [0.1, 0.15) is 25.0 Å². The Morgan fingerprint density at radius 2 is 1.19 bits per heavy atom. The van der Waals surface area contributed by atoms with Crippen LogP contribution in [0.3, 0.4) is 0 Å². The van der Waals surface area contributed by atoms with Gasteiger partial charge in [0.15, 0.2) is 0 Å². The minimum Gasteiger partial charge on any atom is -0.461 e. The molecule has 3 rings (SSSR count). The second kappa shape index (κ2) is 12.5. The summed E-state index contributed by atoms with van der Waals surface area (Å²) in [7, 11) is 0. The Bertz CT molecular complexity index is 770. The normalized spacial score (nSPS) is 24.8. The quantitative estimate of drug-likeness (QED) is 0.308. The van der Waals surface area contributed by atoms with Crippen LogP contribution in [-0.4, -0.2) is 56.3 Å². The van der Waals surface area contributed by atoms with Gasteiger partial charge in [0.2, 0.25) is 0 Å². The smallest absolute Gasteiger partial charge is 0.333 e. The molecule has 2 aliphatic heterocycles. The van der Waals surface area contributed by atoms with E-state index < -0.39 is 0 Å². The number of hydrogen-bond acceptors (Lipinski definition) is 8. The van der Waals surface area contributed by atoms with Crippen molar-refractivity contribution in [2.45, 2.75) is 46.4 Å². The van der Waals surface area contributed by atoms with E-state index in [0.717, 1.165) is 24.3 Å². The van der Waals surface area contributed by atoms with Crippen molar-refractivity contribution < 1.29 is 19.1 Å². The Hall–Kier alpha value is -0.960. The molecule has 0 amide bonds. The fourth-order valence-electron chi connectivity index (χ4n) is 3.18. The molecule has 0 N–H and O–H groups in total.